The monoisotopic (exact) mass is 598 g/mol. The van der Waals surface area contributed by atoms with E-state index in [-0.39, 0.29) is 35.0 Å². The van der Waals surface area contributed by atoms with Gasteiger partial charge in [0.25, 0.3) is 0 Å². The number of Topliss-reactive ketones (excluding diaryl/α,β-unsaturated/α-hetero) is 1. The molecular formula is C36H42N2O6. The molecule has 0 amide bonds. The van der Waals surface area contributed by atoms with Crippen LogP contribution in [0.4, 0.5) is 0 Å². The number of aromatic nitrogens is 2. The highest BCUT2D eigenvalue weighted by Crippen LogP contribution is 2.62. The van der Waals surface area contributed by atoms with Crippen molar-refractivity contribution < 1.29 is 29.3 Å². The molecule has 1 aromatic heterocycles. The summed E-state index contributed by atoms with van der Waals surface area (Å²) in [6, 6.07) is 16.8. The lowest BCUT2D eigenvalue weighted by Gasteiger charge is -2.36. The minimum Gasteiger partial charge on any atom is -0.497 e. The molecule has 6 rings (SSSR count). The summed E-state index contributed by atoms with van der Waals surface area (Å²) in [7, 11) is 1.59. The van der Waals surface area contributed by atoms with Crippen molar-refractivity contribution >= 4 is 11.8 Å². The van der Waals surface area contributed by atoms with Crippen LogP contribution in [0.1, 0.15) is 63.7 Å². The molecule has 3 aliphatic carbocycles. The van der Waals surface area contributed by atoms with Crippen LogP contribution in [0.3, 0.4) is 0 Å². The number of benzene rings is 2. The zero-order valence-corrected chi connectivity index (χ0v) is 26.1. The molecule has 0 aliphatic heterocycles. The lowest BCUT2D eigenvalue weighted by Crippen LogP contribution is -2.51. The van der Waals surface area contributed by atoms with Crippen LogP contribution in [-0.2, 0) is 9.53 Å². The van der Waals surface area contributed by atoms with Crippen LogP contribution in [0.25, 0.3) is 16.9 Å². The van der Waals surface area contributed by atoms with Gasteiger partial charge in [0.15, 0.2) is 5.78 Å². The van der Waals surface area contributed by atoms with E-state index in [1.165, 1.54) is 0 Å². The fourth-order valence-corrected chi connectivity index (χ4v) is 7.76. The average molecular weight is 599 g/mol. The number of ether oxygens (including phenoxy) is 2. The van der Waals surface area contributed by atoms with E-state index in [9.17, 15) is 19.8 Å². The van der Waals surface area contributed by atoms with Gasteiger partial charge in [0.1, 0.15) is 28.7 Å². The molecule has 1 heterocycles. The van der Waals surface area contributed by atoms with Crippen LogP contribution >= 0.6 is 0 Å². The highest BCUT2D eigenvalue weighted by atomic mass is 16.5. The lowest BCUT2D eigenvalue weighted by atomic mass is 9.78. The molecule has 8 nitrogen and oxygen atoms in total. The Bertz CT molecular complexity index is 1580. The summed E-state index contributed by atoms with van der Waals surface area (Å²) in [5, 5.41) is 28.2. The van der Waals surface area contributed by atoms with Crippen LogP contribution in [-0.4, -0.2) is 56.7 Å². The summed E-state index contributed by atoms with van der Waals surface area (Å²) in [6.07, 6.45) is 3.98. The van der Waals surface area contributed by atoms with Crippen molar-refractivity contribution in [1.29, 1.82) is 0 Å². The van der Waals surface area contributed by atoms with E-state index < -0.39 is 29.7 Å². The molecule has 3 aromatic rings. The fourth-order valence-electron chi connectivity index (χ4n) is 7.76. The van der Waals surface area contributed by atoms with E-state index in [0.717, 1.165) is 18.5 Å². The number of methoxy groups -OCH3 is 1. The highest BCUT2D eigenvalue weighted by Gasteiger charge is 2.61. The van der Waals surface area contributed by atoms with E-state index in [2.05, 4.69) is 13.8 Å². The highest BCUT2D eigenvalue weighted by molar-refractivity contribution is 6.02. The number of nitrogens with zero attached hydrogens (tertiary/aromatic N) is 2. The van der Waals surface area contributed by atoms with Gasteiger partial charge >= 0.3 is 5.97 Å². The number of aliphatic hydroxyl groups excluding tert-OH is 1. The van der Waals surface area contributed by atoms with E-state index >= 15 is 0 Å². The smallest absolute Gasteiger partial charge is 0.342 e. The predicted molar refractivity (Wildman–Crippen MR) is 166 cm³/mol. The molecule has 0 radical (unpaired) electrons. The molecule has 0 saturated heterocycles. The van der Waals surface area contributed by atoms with Gasteiger partial charge in [0.05, 0.1) is 24.8 Å². The Morgan fingerprint density at radius 3 is 2.45 bits per heavy atom. The first kappa shape index (κ1) is 30.3. The molecule has 0 bridgehead atoms. The van der Waals surface area contributed by atoms with Gasteiger partial charge in [-0.05, 0) is 97.7 Å². The van der Waals surface area contributed by atoms with Crippen LogP contribution in [0, 0.1) is 29.1 Å². The summed E-state index contributed by atoms with van der Waals surface area (Å²) in [4.78, 5) is 28.0. The number of carbonyl (C=O) groups is 2. The van der Waals surface area contributed by atoms with Crippen molar-refractivity contribution in [2.45, 2.75) is 71.2 Å². The van der Waals surface area contributed by atoms with Gasteiger partial charge in [-0.3, -0.25) is 4.79 Å². The van der Waals surface area contributed by atoms with Gasteiger partial charge in [0.2, 0.25) is 0 Å². The molecule has 2 saturated carbocycles. The van der Waals surface area contributed by atoms with E-state index in [1.54, 1.807) is 37.0 Å². The van der Waals surface area contributed by atoms with Gasteiger partial charge in [-0.1, -0.05) is 45.0 Å². The fraction of sp³-hybridized carbons (Fsp3) is 0.472. The van der Waals surface area contributed by atoms with Gasteiger partial charge in [0, 0.05) is 11.8 Å². The summed E-state index contributed by atoms with van der Waals surface area (Å²) < 4.78 is 13.2. The largest absolute Gasteiger partial charge is 0.497 e. The second kappa shape index (κ2) is 11.3. The van der Waals surface area contributed by atoms with Crippen molar-refractivity contribution in [3.63, 3.8) is 0 Å². The molecule has 44 heavy (non-hydrogen) atoms. The Hall–Kier alpha value is -3.75. The maximum absolute atomic E-state index is 14.1. The van der Waals surface area contributed by atoms with Crippen molar-refractivity contribution in [3.05, 3.63) is 78.0 Å². The molecule has 2 N–H and O–H groups in total. The standard InChI is InChI=1S/C36H42N2O6/c1-21-18-28-27(35(28,3)4)12-9-13-29(30-32(39)22(2)19-36(30,42)33(21)40)44-34(41)26-20-38(24-10-7-6-8-11-24)37-31(26)23-14-16-25(43-5)17-15-23/h6-8,10-11,14-18,20,22,27-30,32,39,42H,9,12-13,19H2,1-5H3/b21-18+/t22-,27-,28+,29-,30-,32-,36+/m0/s1. The number of aliphatic hydroxyl groups is 2. The number of carbonyl (C=O) groups excluding carboxylic acids is 2. The first-order valence-electron chi connectivity index (χ1n) is 15.6. The van der Waals surface area contributed by atoms with Crippen molar-refractivity contribution in [2.75, 3.05) is 7.11 Å². The first-order valence-corrected chi connectivity index (χ1v) is 15.6. The van der Waals surface area contributed by atoms with Crippen molar-refractivity contribution in [3.8, 4) is 22.7 Å². The van der Waals surface area contributed by atoms with Crippen molar-refractivity contribution in [2.24, 2.45) is 29.1 Å². The van der Waals surface area contributed by atoms with Crippen LogP contribution in [0.2, 0.25) is 0 Å². The molecule has 7 atom stereocenters. The number of hydrogen-bond acceptors (Lipinski definition) is 7. The lowest BCUT2D eigenvalue weighted by molar-refractivity contribution is -0.147. The number of ketones is 1. The number of hydrogen-bond donors (Lipinski definition) is 2. The molecule has 3 aliphatic rings. The summed E-state index contributed by atoms with van der Waals surface area (Å²) in [5.74, 6) is -0.949. The molecule has 232 valence electrons. The predicted octanol–water partition coefficient (Wildman–Crippen LogP) is 5.79. The molecule has 8 heteroatoms. The average Bonchev–Trinajstić information content (AvgIpc) is 3.29. The van der Waals surface area contributed by atoms with Crippen LogP contribution < -0.4 is 4.74 Å². The van der Waals surface area contributed by atoms with Gasteiger partial charge in [-0.15, -0.1) is 0 Å². The Balaban J connectivity index is 1.38. The topological polar surface area (TPSA) is 111 Å². The molecular weight excluding hydrogens is 556 g/mol. The Labute approximate surface area is 258 Å². The minimum atomic E-state index is -1.84. The van der Waals surface area contributed by atoms with Gasteiger partial charge in [-0.25, -0.2) is 9.48 Å². The summed E-state index contributed by atoms with van der Waals surface area (Å²) >= 11 is 0. The van der Waals surface area contributed by atoms with Gasteiger partial charge in [-0.2, -0.15) is 5.10 Å². The van der Waals surface area contributed by atoms with Gasteiger partial charge < -0.3 is 19.7 Å². The second-order valence-corrected chi connectivity index (χ2v) is 13.5. The van der Waals surface area contributed by atoms with Crippen molar-refractivity contribution in [1.82, 2.24) is 9.78 Å². The third-order valence-corrected chi connectivity index (χ3v) is 10.4. The zero-order valence-electron chi connectivity index (χ0n) is 26.1. The molecule has 2 aromatic carbocycles. The SMILES string of the molecule is COc1ccc(-c2nn(-c3ccccc3)cc2C(=O)O[C@H]2CCC[C@H]3[C@@H](/C=C(\C)C(=O)[C@@]4(O)C[C@H](C)[C@H](O)[C@H]24)C3(C)C)cc1. The first-order chi connectivity index (χ1) is 21.0. The number of rotatable bonds is 5. The number of para-hydroxylation sites is 1. The molecule has 0 unspecified atom stereocenters. The Kier molecular flexibility index (Phi) is 7.79. The Morgan fingerprint density at radius 2 is 1.77 bits per heavy atom. The summed E-state index contributed by atoms with van der Waals surface area (Å²) in [6.45, 7) is 8.02. The molecule has 2 fully saturated rings. The van der Waals surface area contributed by atoms with E-state index in [4.69, 9.17) is 14.6 Å². The maximum Gasteiger partial charge on any atom is 0.342 e. The summed E-state index contributed by atoms with van der Waals surface area (Å²) in [5.41, 5.74) is 0.915. The third-order valence-electron chi connectivity index (χ3n) is 10.4. The quantitative estimate of drug-likeness (QED) is 0.358. The minimum absolute atomic E-state index is 0.0662. The van der Waals surface area contributed by atoms with E-state index in [0.29, 0.717) is 34.9 Å². The maximum atomic E-state index is 14.1. The number of esters is 1. The molecule has 0 spiro atoms. The second-order valence-electron chi connectivity index (χ2n) is 13.5. The van der Waals surface area contributed by atoms with E-state index in [1.807, 2.05) is 55.5 Å². The van der Waals surface area contributed by atoms with Crippen LogP contribution in [0.5, 0.6) is 5.75 Å². The van der Waals surface area contributed by atoms with Crippen LogP contribution in [0.15, 0.2) is 72.4 Å². The third kappa shape index (κ3) is 5.18. The number of allylic oxidation sites excluding steroid dienone is 1. The number of fused-ring (bicyclic) bond motifs is 2. The zero-order chi connectivity index (χ0) is 31.4. The Morgan fingerprint density at radius 1 is 1.07 bits per heavy atom. The normalized spacial score (nSPS) is 32.4.